The Balaban J connectivity index is 1.41. The summed E-state index contributed by atoms with van der Waals surface area (Å²) in [6.07, 6.45) is 3.33. The third-order valence-corrected chi connectivity index (χ3v) is 5.78. The van der Waals surface area contributed by atoms with Crippen LogP contribution in [0.5, 0.6) is 5.75 Å². The Bertz CT molecular complexity index is 859. The highest BCUT2D eigenvalue weighted by Crippen LogP contribution is 2.38. The van der Waals surface area contributed by atoms with Gasteiger partial charge in [-0.2, -0.15) is 5.26 Å². The predicted molar refractivity (Wildman–Crippen MR) is 104 cm³/mol. The number of hydrogen-bond acceptors (Lipinski definition) is 5. The number of benzene rings is 1. The van der Waals surface area contributed by atoms with Crippen molar-refractivity contribution >= 4 is 22.2 Å². The van der Waals surface area contributed by atoms with Crippen molar-refractivity contribution in [3.05, 3.63) is 46.1 Å². The number of nitrogens with one attached hydrogen (secondary N) is 1. The van der Waals surface area contributed by atoms with Gasteiger partial charge in [-0.15, -0.1) is 11.3 Å². The van der Waals surface area contributed by atoms with Crippen molar-refractivity contribution in [2.75, 3.05) is 32.1 Å². The van der Waals surface area contributed by atoms with E-state index in [1.54, 1.807) is 18.2 Å². The van der Waals surface area contributed by atoms with Gasteiger partial charge in [-0.05, 0) is 44.0 Å². The monoisotopic (exact) mass is 387 g/mol. The summed E-state index contributed by atoms with van der Waals surface area (Å²) in [4.78, 5) is 15.4. The summed E-state index contributed by atoms with van der Waals surface area (Å²) in [5.41, 5.74) is 1.74. The molecular weight excluding hydrogens is 365 g/mol. The first-order valence-electron chi connectivity index (χ1n) is 8.99. The van der Waals surface area contributed by atoms with Crippen molar-refractivity contribution in [2.45, 2.75) is 25.7 Å². The third-order valence-electron chi connectivity index (χ3n) is 4.57. The van der Waals surface area contributed by atoms with E-state index in [1.807, 2.05) is 11.9 Å². The molecule has 0 atom stereocenters. The van der Waals surface area contributed by atoms with Gasteiger partial charge in [0, 0.05) is 24.4 Å². The molecular formula is C20H22FN3O2S. The molecule has 1 N–H and O–H groups in total. The van der Waals surface area contributed by atoms with Gasteiger partial charge >= 0.3 is 0 Å². The summed E-state index contributed by atoms with van der Waals surface area (Å²) in [5, 5.41) is 12.9. The van der Waals surface area contributed by atoms with Crippen LogP contribution in [0.1, 0.15) is 28.8 Å². The van der Waals surface area contributed by atoms with Gasteiger partial charge in [0.2, 0.25) is 5.91 Å². The Labute approximate surface area is 162 Å². The highest BCUT2D eigenvalue weighted by molar-refractivity contribution is 7.16. The number of para-hydroxylation sites is 1. The maximum Gasteiger partial charge on any atom is 0.226 e. The molecule has 0 fully saturated rings. The van der Waals surface area contributed by atoms with Crippen LogP contribution in [0, 0.1) is 17.1 Å². The van der Waals surface area contributed by atoms with Crippen molar-refractivity contribution < 1.29 is 13.9 Å². The zero-order valence-corrected chi connectivity index (χ0v) is 16.1. The second-order valence-corrected chi connectivity index (χ2v) is 7.66. The Morgan fingerprint density at radius 1 is 1.37 bits per heavy atom. The van der Waals surface area contributed by atoms with Crippen LogP contribution in [0.2, 0.25) is 0 Å². The molecule has 0 spiro atoms. The summed E-state index contributed by atoms with van der Waals surface area (Å²) in [7, 11) is 1.89. The molecule has 27 heavy (non-hydrogen) atoms. The molecule has 0 saturated heterocycles. The lowest BCUT2D eigenvalue weighted by Gasteiger charge is -2.16. The number of aryl methyl sites for hydroxylation is 1. The number of thiophene rings is 1. The van der Waals surface area contributed by atoms with Gasteiger partial charge in [-0.25, -0.2) is 4.39 Å². The minimum absolute atomic E-state index is 0.103. The molecule has 5 nitrogen and oxygen atoms in total. The molecule has 1 aliphatic rings. The van der Waals surface area contributed by atoms with Gasteiger partial charge in [0.1, 0.15) is 17.7 Å². The molecule has 3 rings (SSSR count). The lowest BCUT2D eigenvalue weighted by molar-refractivity contribution is -0.116. The van der Waals surface area contributed by atoms with E-state index in [0.29, 0.717) is 36.7 Å². The number of nitrogens with zero attached hydrogens (tertiary/aromatic N) is 2. The molecule has 142 valence electrons. The van der Waals surface area contributed by atoms with E-state index >= 15 is 0 Å². The van der Waals surface area contributed by atoms with E-state index in [1.165, 1.54) is 22.3 Å². The van der Waals surface area contributed by atoms with Gasteiger partial charge in [0.15, 0.2) is 11.6 Å². The first-order chi connectivity index (χ1) is 13.1. The van der Waals surface area contributed by atoms with Crippen LogP contribution < -0.4 is 10.1 Å². The second kappa shape index (κ2) is 8.98. The largest absolute Gasteiger partial charge is 0.489 e. The first-order valence-corrected chi connectivity index (χ1v) is 9.80. The normalized spacial score (nSPS) is 12.7. The van der Waals surface area contributed by atoms with Crippen LogP contribution in [0.15, 0.2) is 24.3 Å². The highest BCUT2D eigenvalue weighted by atomic mass is 32.1. The Morgan fingerprint density at radius 2 is 2.19 bits per heavy atom. The average molecular weight is 387 g/mol. The fourth-order valence-electron chi connectivity index (χ4n) is 3.08. The second-order valence-electron chi connectivity index (χ2n) is 6.55. The number of likely N-dealkylation sites (N-methyl/N-ethyl adjacent to an activating group) is 1. The lowest BCUT2D eigenvalue weighted by Crippen LogP contribution is -2.28. The molecule has 1 aromatic heterocycles. The number of rotatable bonds is 8. The maximum atomic E-state index is 13.5. The van der Waals surface area contributed by atoms with Gasteiger partial charge in [0.05, 0.1) is 5.56 Å². The molecule has 1 heterocycles. The van der Waals surface area contributed by atoms with Gasteiger partial charge in [0.25, 0.3) is 0 Å². The van der Waals surface area contributed by atoms with Gasteiger partial charge in [-0.3, -0.25) is 4.79 Å². The summed E-state index contributed by atoms with van der Waals surface area (Å²) >= 11 is 1.53. The van der Waals surface area contributed by atoms with Crippen molar-refractivity contribution in [2.24, 2.45) is 0 Å². The molecule has 2 aromatic rings. The SMILES string of the molecule is CN(CCOc1ccccc1F)CCC(=O)Nc1sc2c(c1C#N)CCC2. The molecule has 1 aromatic carbocycles. The molecule has 1 amide bonds. The summed E-state index contributed by atoms with van der Waals surface area (Å²) in [5.74, 6) is -0.248. The standard InChI is InChI=1S/C20H22FN3O2S/c1-24(11-12-26-17-7-3-2-6-16(17)21)10-9-19(25)23-20-15(13-22)14-5-4-8-18(14)27-20/h2-3,6-7H,4-5,8-12H2,1H3,(H,23,25). The molecule has 0 aliphatic heterocycles. The summed E-state index contributed by atoms with van der Waals surface area (Å²) in [6, 6.07) is 8.53. The van der Waals surface area contributed by atoms with E-state index in [2.05, 4.69) is 11.4 Å². The minimum Gasteiger partial charge on any atom is -0.489 e. The first kappa shape index (κ1) is 19.3. The number of carbonyl (C=O) groups excluding carboxylic acids is 1. The van der Waals surface area contributed by atoms with Crippen LogP contribution in [0.4, 0.5) is 9.39 Å². The van der Waals surface area contributed by atoms with E-state index in [9.17, 15) is 14.4 Å². The average Bonchev–Trinajstić information content (AvgIpc) is 3.22. The van der Waals surface area contributed by atoms with E-state index < -0.39 is 0 Å². The van der Waals surface area contributed by atoms with E-state index in [-0.39, 0.29) is 17.5 Å². The highest BCUT2D eigenvalue weighted by Gasteiger charge is 2.23. The number of hydrogen-bond donors (Lipinski definition) is 1. The number of ether oxygens (including phenoxy) is 1. The zero-order chi connectivity index (χ0) is 19.2. The predicted octanol–water partition coefficient (Wildman–Crippen LogP) is 3.59. The van der Waals surface area contributed by atoms with Crippen molar-refractivity contribution in [1.29, 1.82) is 5.26 Å². The number of anilines is 1. The fraction of sp³-hybridized carbons (Fsp3) is 0.400. The number of halogens is 1. The van der Waals surface area contributed by atoms with Crippen LogP contribution in [-0.2, 0) is 17.6 Å². The fourth-order valence-corrected chi connectivity index (χ4v) is 4.33. The smallest absolute Gasteiger partial charge is 0.226 e. The number of fused-ring (bicyclic) bond motifs is 1. The number of carbonyl (C=O) groups is 1. The van der Waals surface area contributed by atoms with Gasteiger partial charge in [-0.1, -0.05) is 12.1 Å². The van der Waals surface area contributed by atoms with Crippen LogP contribution in [-0.4, -0.2) is 37.6 Å². The van der Waals surface area contributed by atoms with E-state index in [4.69, 9.17) is 4.74 Å². The molecule has 1 aliphatic carbocycles. The zero-order valence-electron chi connectivity index (χ0n) is 15.3. The maximum absolute atomic E-state index is 13.5. The van der Waals surface area contributed by atoms with Crippen molar-refractivity contribution in [3.8, 4) is 11.8 Å². The molecule has 7 heteroatoms. The number of amides is 1. The van der Waals surface area contributed by atoms with Crippen molar-refractivity contribution in [1.82, 2.24) is 4.90 Å². The molecule has 0 radical (unpaired) electrons. The Kier molecular flexibility index (Phi) is 6.43. The molecule has 0 saturated carbocycles. The van der Waals surface area contributed by atoms with Gasteiger partial charge < -0.3 is 15.0 Å². The molecule has 0 unspecified atom stereocenters. The summed E-state index contributed by atoms with van der Waals surface area (Å²) in [6.45, 7) is 1.48. The number of nitriles is 1. The van der Waals surface area contributed by atoms with Crippen LogP contribution in [0.25, 0.3) is 0 Å². The Hall–Kier alpha value is -2.43. The topological polar surface area (TPSA) is 65.4 Å². The Morgan fingerprint density at radius 3 is 2.96 bits per heavy atom. The van der Waals surface area contributed by atoms with Crippen molar-refractivity contribution in [3.63, 3.8) is 0 Å². The minimum atomic E-state index is -0.379. The molecule has 0 bridgehead atoms. The van der Waals surface area contributed by atoms with Crippen LogP contribution in [0.3, 0.4) is 0 Å². The van der Waals surface area contributed by atoms with E-state index in [0.717, 1.165) is 24.8 Å². The third kappa shape index (κ3) is 4.85. The van der Waals surface area contributed by atoms with Crippen LogP contribution >= 0.6 is 11.3 Å². The quantitative estimate of drug-likeness (QED) is 0.752. The summed E-state index contributed by atoms with van der Waals surface area (Å²) < 4.78 is 18.9. The lowest BCUT2D eigenvalue weighted by atomic mass is 10.1.